The van der Waals surface area contributed by atoms with Gasteiger partial charge < -0.3 is 0 Å². The summed E-state index contributed by atoms with van der Waals surface area (Å²) in [7, 11) is 0. The Kier molecular flexibility index (Phi) is 3.69. The van der Waals surface area contributed by atoms with Crippen molar-refractivity contribution >= 4 is 0 Å². The van der Waals surface area contributed by atoms with Crippen LogP contribution >= 0.6 is 0 Å². The van der Waals surface area contributed by atoms with E-state index in [-0.39, 0.29) is 0 Å². The van der Waals surface area contributed by atoms with Crippen molar-refractivity contribution in [3.63, 3.8) is 0 Å². The summed E-state index contributed by atoms with van der Waals surface area (Å²) >= 11 is 0. The van der Waals surface area contributed by atoms with Gasteiger partial charge >= 0.3 is 0 Å². The van der Waals surface area contributed by atoms with Crippen molar-refractivity contribution < 1.29 is 0 Å². The van der Waals surface area contributed by atoms with Gasteiger partial charge in [0, 0.05) is 0 Å². The summed E-state index contributed by atoms with van der Waals surface area (Å²) in [6, 6.07) is 0. The molecule has 10 heavy (non-hydrogen) atoms. The van der Waals surface area contributed by atoms with E-state index in [9.17, 15) is 0 Å². The zero-order chi connectivity index (χ0) is 7.07. The van der Waals surface area contributed by atoms with Crippen LogP contribution in [0.15, 0.2) is 36.5 Å². The van der Waals surface area contributed by atoms with E-state index in [4.69, 9.17) is 0 Å². The topological polar surface area (TPSA) is 0 Å². The second kappa shape index (κ2) is 5.04. The van der Waals surface area contributed by atoms with E-state index >= 15 is 0 Å². The van der Waals surface area contributed by atoms with Crippen molar-refractivity contribution in [3.05, 3.63) is 36.5 Å². The Bertz CT molecular complexity index is 131. The fourth-order valence-electron chi connectivity index (χ4n) is 0.970. The van der Waals surface area contributed by atoms with Crippen LogP contribution in [-0.2, 0) is 0 Å². The molecular weight excluding hydrogens is 120 g/mol. The van der Waals surface area contributed by atoms with Gasteiger partial charge in [-0.1, -0.05) is 36.5 Å². The molecule has 0 aromatic carbocycles. The molecule has 0 spiro atoms. The van der Waals surface area contributed by atoms with Gasteiger partial charge in [0.1, 0.15) is 0 Å². The Morgan fingerprint density at radius 3 is 1.40 bits per heavy atom. The van der Waals surface area contributed by atoms with Gasteiger partial charge in [-0.2, -0.15) is 0 Å². The average molecular weight is 134 g/mol. The monoisotopic (exact) mass is 134 g/mol. The zero-order valence-electron chi connectivity index (χ0n) is 6.29. The zero-order valence-corrected chi connectivity index (χ0v) is 6.29. The van der Waals surface area contributed by atoms with Crippen molar-refractivity contribution in [1.82, 2.24) is 0 Å². The molecule has 0 unspecified atom stereocenters. The van der Waals surface area contributed by atoms with Crippen LogP contribution in [0.3, 0.4) is 0 Å². The van der Waals surface area contributed by atoms with Gasteiger partial charge in [0.25, 0.3) is 0 Å². The molecule has 0 aromatic rings. The normalized spacial score (nSPS) is 25.6. The Morgan fingerprint density at radius 2 is 0.900 bits per heavy atom. The maximum atomic E-state index is 2.25. The molecule has 0 nitrogen and oxygen atoms in total. The molecule has 0 bridgehead atoms. The Labute approximate surface area is 62.9 Å². The molecule has 0 aromatic heterocycles. The lowest BCUT2D eigenvalue weighted by Crippen LogP contribution is -1.68. The minimum Gasteiger partial charge on any atom is -0.0879 e. The van der Waals surface area contributed by atoms with Crippen LogP contribution in [0.2, 0.25) is 0 Å². The molecule has 0 saturated carbocycles. The first kappa shape index (κ1) is 7.33. The van der Waals surface area contributed by atoms with Crippen LogP contribution in [0.25, 0.3) is 0 Å². The van der Waals surface area contributed by atoms with Crippen LogP contribution in [0.1, 0.15) is 25.7 Å². The summed E-state index contributed by atoms with van der Waals surface area (Å²) in [6.45, 7) is 0. The standard InChI is InChI=1S/C10H14/c1-2-4-6-8-10-9-7-5-3-1/h1-2,5-8H,3-4,9-10H2/b2-1?,7-5-,8-6+. The Hall–Kier alpha value is -0.780. The summed E-state index contributed by atoms with van der Waals surface area (Å²) in [5.41, 5.74) is 0. The van der Waals surface area contributed by atoms with E-state index < -0.39 is 0 Å². The van der Waals surface area contributed by atoms with Gasteiger partial charge in [-0.05, 0) is 25.7 Å². The van der Waals surface area contributed by atoms with Crippen LogP contribution in [0.5, 0.6) is 0 Å². The molecular formula is C10H14. The second-order valence-electron chi connectivity index (χ2n) is 2.46. The third-order valence-corrected chi connectivity index (χ3v) is 1.54. The maximum absolute atomic E-state index is 2.25. The lowest BCUT2D eigenvalue weighted by atomic mass is 10.2. The van der Waals surface area contributed by atoms with E-state index in [0.29, 0.717) is 0 Å². The van der Waals surface area contributed by atoms with Gasteiger partial charge in [-0.15, -0.1) is 0 Å². The molecule has 0 fully saturated rings. The molecule has 0 N–H and O–H groups in total. The highest BCUT2D eigenvalue weighted by atomic mass is 13.9. The largest absolute Gasteiger partial charge is 0.0879 e. The quantitative estimate of drug-likeness (QED) is 0.446. The first-order chi connectivity index (χ1) is 5.00. The summed E-state index contributed by atoms with van der Waals surface area (Å²) in [4.78, 5) is 0. The second-order valence-corrected chi connectivity index (χ2v) is 2.46. The van der Waals surface area contributed by atoms with Gasteiger partial charge in [0.15, 0.2) is 0 Å². The third-order valence-electron chi connectivity index (χ3n) is 1.54. The van der Waals surface area contributed by atoms with Crippen LogP contribution < -0.4 is 0 Å². The molecule has 0 radical (unpaired) electrons. The molecule has 1 aliphatic rings. The number of hydrogen-bond donors (Lipinski definition) is 0. The molecule has 0 amide bonds. The molecule has 1 rings (SSSR count). The van der Waals surface area contributed by atoms with E-state index in [1.54, 1.807) is 0 Å². The predicted octanol–water partition coefficient (Wildman–Crippen LogP) is 3.23. The average Bonchev–Trinajstić information content (AvgIpc) is 2.01. The van der Waals surface area contributed by atoms with Crippen molar-refractivity contribution in [2.45, 2.75) is 25.7 Å². The molecule has 0 aliphatic heterocycles. The maximum Gasteiger partial charge on any atom is -0.0169 e. The summed E-state index contributed by atoms with van der Waals surface area (Å²) in [5.74, 6) is 0. The van der Waals surface area contributed by atoms with Crippen LogP contribution in [0, 0.1) is 0 Å². The molecule has 0 heteroatoms. The van der Waals surface area contributed by atoms with Gasteiger partial charge in [-0.3, -0.25) is 0 Å². The van der Waals surface area contributed by atoms with E-state index in [2.05, 4.69) is 36.5 Å². The Morgan fingerprint density at radius 1 is 0.500 bits per heavy atom. The first-order valence-electron chi connectivity index (χ1n) is 3.95. The third kappa shape index (κ3) is 3.29. The minimum atomic E-state index is 1.10. The van der Waals surface area contributed by atoms with Crippen LogP contribution in [-0.4, -0.2) is 0 Å². The fourth-order valence-corrected chi connectivity index (χ4v) is 0.970. The first-order valence-corrected chi connectivity index (χ1v) is 3.95. The smallest absolute Gasteiger partial charge is 0.0169 e. The number of hydrogen-bond acceptors (Lipinski definition) is 0. The van der Waals surface area contributed by atoms with Gasteiger partial charge in [-0.25, -0.2) is 0 Å². The molecule has 1 aliphatic carbocycles. The molecule has 54 valence electrons. The summed E-state index contributed by atoms with van der Waals surface area (Å²) < 4.78 is 0. The lowest BCUT2D eigenvalue weighted by molar-refractivity contribution is 1.03. The van der Waals surface area contributed by atoms with Gasteiger partial charge in [0.05, 0.1) is 0 Å². The fraction of sp³-hybridized carbons (Fsp3) is 0.400. The van der Waals surface area contributed by atoms with E-state index in [1.807, 2.05) is 0 Å². The molecule has 0 atom stereocenters. The SMILES string of the molecule is C1=CC/C=C/CC/C=C\C1. The van der Waals surface area contributed by atoms with Crippen molar-refractivity contribution in [2.24, 2.45) is 0 Å². The minimum absolute atomic E-state index is 1.10. The highest BCUT2D eigenvalue weighted by Gasteiger charge is 1.79. The van der Waals surface area contributed by atoms with Crippen molar-refractivity contribution in [3.8, 4) is 0 Å². The molecule has 0 saturated heterocycles. The van der Waals surface area contributed by atoms with Crippen molar-refractivity contribution in [2.75, 3.05) is 0 Å². The lowest BCUT2D eigenvalue weighted by Gasteiger charge is -1.89. The van der Waals surface area contributed by atoms with Gasteiger partial charge in [0.2, 0.25) is 0 Å². The predicted molar refractivity (Wildman–Crippen MR) is 45.9 cm³/mol. The highest BCUT2D eigenvalue weighted by molar-refractivity contribution is 4.99. The highest BCUT2D eigenvalue weighted by Crippen LogP contribution is 1.99. The Balaban J connectivity index is 2.38. The number of rotatable bonds is 0. The van der Waals surface area contributed by atoms with Crippen molar-refractivity contribution in [1.29, 1.82) is 0 Å². The van der Waals surface area contributed by atoms with E-state index in [1.165, 1.54) is 12.8 Å². The summed E-state index contributed by atoms with van der Waals surface area (Å²) in [6.07, 6.45) is 18.0. The summed E-state index contributed by atoms with van der Waals surface area (Å²) in [5, 5.41) is 0. The van der Waals surface area contributed by atoms with Crippen LogP contribution in [0.4, 0.5) is 0 Å². The number of allylic oxidation sites excluding steroid dienone is 6. The van der Waals surface area contributed by atoms with E-state index in [0.717, 1.165) is 12.8 Å². The molecule has 0 heterocycles.